The molecule has 2 atom stereocenters. The Morgan fingerprint density at radius 3 is 2.74 bits per heavy atom. The maximum absolute atomic E-state index is 12.0. The van der Waals surface area contributed by atoms with Gasteiger partial charge in [-0.2, -0.15) is 0 Å². The number of aromatic nitrogens is 1. The zero-order valence-corrected chi connectivity index (χ0v) is 11.1. The molecule has 0 aromatic carbocycles. The van der Waals surface area contributed by atoms with Crippen LogP contribution >= 0.6 is 0 Å². The molecule has 0 aliphatic rings. The molecule has 1 heterocycles. The first-order valence-electron chi connectivity index (χ1n) is 6.18. The Labute approximate surface area is 112 Å². The third kappa shape index (κ3) is 4.03. The van der Waals surface area contributed by atoms with Crippen molar-refractivity contribution in [3.05, 3.63) is 29.6 Å². The summed E-state index contributed by atoms with van der Waals surface area (Å²) >= 11 is 0. The number of carboxylic acids is 1. The summed E-state index contributed by atoms with van der Waals surface area (Å²) in [5.74, 6) is -1.60. The van der Waals surface area contributed by atoms with E-state index >= 15 is 0 Å². The summed E-state index contributed by atoms with van der Waals surface area (Å²) < 4.78 is 0. The second-order valence-corrected chi connectivity index (χ2v) is 4.41. The Morgan fingerprint density at radius 2 is 2.21 bits per heavy atom. The van der Waals surface area contributed by atoms with E-state index in [1.165, 1.54) is 12.3 Å². The van der Waals surface area contributed by atoms with E-state index < -0.39 is 17.9 Å². The molecule has 0 aliphatic heterocycles. The molecule has 0 radical (unpaired) electrons. The van der Waals surface area contributed by atoms with Gasteiger partial charge >= 0.3 is 5.97 Å². The molecular weight excluding hydrogens is 246 g/mol. The molecule has 0 saturated carbocycles. The fourth-order valence-corrected chi connectivity index (χ4v) is 1.64. The average Bonchev–Trinajstić information content (AvgIpc) is 2.43. The summed E-state index contributed by atoms with van der Waals surface area (Å²) in [6, 6.07) is 2.20. The number of carbonyl (C=O) groups is 2. The number of hydrogen-bond donors (Lipinski definition) is 3. The van der Waals surface area contributed by atoms with Crippen LogP contribution in [0.2, 0.25) is 0 Å². The molecule has 1 aromatic rings. The lowest BCUT2D eigenvalue weighted by Crippen LogP contribution is -2.45. The van der Waals surface area contributed by atoms with Gasteiger partial charge in [0.15, 0.2) is 0 Å². The summed E-state index contributed by atoms with van der Waals surface area (Å²) in [4.78, 5) is 27.1. The number of hydrogen-bond acceptors (Lipinski definition) is 4. The molecule has 1 amide bonds. The summed E-state index contributed by atoms with van der Waals surface area (Å²) in [5, 5.41) is 11.7. The lowest BCUT2D eigenvalue weighted by Gasteiger charge is -2.20. The molecule has 6 nitrogen and oxygen atoms in total. The van der Waals surface area contributed by atoms with E-state index in [0.29, 0.717) is 17.7 Å². The first-order valence-corrected chi connectivity index (χ1v) is 6.18. The number of nitrogens with two attached hydrogens (primary N) is 1. The van der Waals surface area contributed by atoms with Gasteiger partial charge in [0, 0.05) is 18.3 Å². The van der Waals surface area contributed by atoms with Crippen LogP contribution < -0.4 is 11.1 Å². The van der Waals surface area contributed by atoms with Crippen molar-refractivity contribution in [2.75, 3.05) is 0 Å². The summed E-state index contributed by atoms with van der Waals surface area (Å²) in [5.41, 5.74) is 6.40. The highest BCUT2D eigenvalue weighted by Crippen LogP contribution is 2.09. The minimum Gasteiger partial charge on any atom is -0.480 e. The van der Waals surface area contributed by atoms with E-state index in [0.717, 1.165) is 0 Å². The smallest absolute Gasteiger partial charge is 0.326 e. The van der Waals surface area contributed by atoms with Crippen molar-refractivity contribution in [2.45, 2.75) is 32.9 Å². The van der Waals surface area contributed by atoms with Gasteiger partial charge in [0.05, 0.1) is 5.69 Å². The van der Waals surface area contributed by atoms with E-state index in [2.05, 4.69) is 10.3 Å². The molecule has 1 rings (SSSR count). The third-order valence-corrected chi connectivity index (χ3v) is 3.05. The third-order valence-electron chi connectivity index (χ3n) is 3.05. The molecule has 6 heteroatoms. The number of nitrogens with zero attached hydrogens (tertiary/aromatic N) is 1. The number of carbonyl (C=O) groups excluding carboxylic acids is 1. The van der Waals surface area contributed by atoms with Crippen LogP contribution in [0.25, 0.3) is 0 Å². The predicted octanol–water partition coefficient (Wildman–Crippen LogP) is 0.769. The summed E-state index contributed by atoms with van der Waals surface area (Å²) in [6.45, 7) is 3.90. The van der Waals surface area contributed by atoms with E-state index in [-0.39, 0.29) is 12.5 Å². The van der Waals surface area contributed by atoms with Gasteiger partial charge in [0.2, 0.25) is 0 Å². The van der Waals surface area contributed by atoms with Gasteiger partial charge in [-0.15, -0.1) is 0 Å². The molecule has 104 valence electrons. The van der Waals surface area contributed by atoms with Gasteiger partial charge in [0.1, 0.15) is 6.04 Å². The predicted molar refractivity (Wildman–Crippen MR) is 70.5 cm³/mol. The van der Waals surface area contributed by atoms with Crippen molar-refractivity contribution in [1.82, 2.24) is 10.3 Å². The number of amides is 1. The molecule has 0 bridgehead atoms. The Kier molecular flexibility index (Phi) is 5.44. The Morgan fingerprint density at radius 1 is 1.53 bits per heavy atom. The number of rotatable bonds is 6. The zero-order valence-electron chi connectivity index (χ0n) is 11.1. The minimum absolute atomic E-state index is 0.141. The van der Waals surface area contributed by atoms with Crippen molar-refractivity contribution in [2.24, 2.45) is 11.7 Å². The first kappa shape index (κ1) is 15.1. The van der Waals surface area contributed by atoms with Crippen LogP contribution in [-0.2, 0) is 11.3 Å². The van der Waals surface area contributed by atoms with E-state index in [4.69, 9.17) is 10.8 Å². The average molecular weight is 265 g/mol. The highest BCUT2D eigenvalue weighted by molar-refractivity contribution is 5.96. The molecule has 0 aliphatic carbocycles. The van der Waals surface area contributed by atoms with Gasteiger partial charge in [0.25, 0.3) is 5.91 Å². The number of pyridine rings is 1. The highest BCUT2D eigenvalue weighted by atomic mass is 16.4. The van der Waals surface area contributed by atoms with Gasteiger partial charge < -0.3 is 16.2 Å². The Balaban J connectivity index is 2.84. The van der Waals surface area contributed by atoms with E-state index in [1.807, 2.05) is 6.92 Å². The molecule has 0 fully saturated rings. The van der Waals surface area contributed by atoms with Crippen molar-refractivity contribution >= 4 is 11.9 Å². The Hall–Kier alpha value is -1.95. The molecular formula is C13H19N3O3. The molecule has 1 aromatic heterocycles. The number of carboxylic acid groups (broad SMARTS) is 1. The second-order valence-electron chi connectivity index (χ2n) is 4.41. The number of nitrogens with one attached hydrogen (secondary N) is 1. The maximum Gasteiger partial charge on any atom is 0.326 e. The fourth-order valence-electron chi connectivity index (χ4n) is 1.64. The number of aliphatic carboxylic acids is 1. The second kappa shape index (κ2) is 6.84. The van der Waals surface area contributed by atoms with Crippen LogP contribution in [0.5, 0.6) is 0 Å². The molecule has 0 spiro atoms. The zero-order chi connectivity index (χ0) is 14.4. The summed E-state index contributed by atoms with van der Waals surface area (Å²) in [7, 11) is 0. The van der Waals surface area contributed by atoms with Gasteiger partial charge in [-0.25, -0.2) is 4.79 Å². The standard InChI is InChI=1S/C13H19N3O3/c1-3-8(2)11(13(18)19)16-12(17)9-4-5-15-10(6-9)7-14/h4-6,8,11H,3,7,14H2,1-2H3,(H,16,17)(H,18,19)/t8?,11-/m0/s1. The van der Waals surface area contributed by atoms with E-state index in [9.17, 15) is 9.59 Å². The quantitative estimate of drug-likeness (QED) is 0.704. The van der Waals surface area contributed by atoms with Crippen molar-refractivity contribution in [1.29, 1.82) is 0 Å². The highest BCUT2D eigenvalue weighted by Gasteiger charge is 2.25. The van der Waals surface area contributed by atoms with Crippen molar-refractivity contribution in [3.63, 3.8) is 0 Å². The molecule has 19 heavy (non-hydrogen) atoms. The molecule has 0 saturated heterocycles. The van der Waals surface area contributed by atoms with Crippen LogP contribution in [0.1, 0.15) is 36.3 Å². The molecule has 4 N–H and O–H groups in total. The van der Waals surface area contributed by atoms with Crippen LogP contribution in [-0.4, -0.2) is 28.0 Å². The SMILES string of the molecule is CCC(C)[C@H](NC(=O)c1ccnc(CN)c1)C(=O)O. The van der Waals surface area contributed by atoms with Gasteiger partial charge in [-0.05, 0) is 18.1 Å². The topological polar surface area (TPSA) is 105 Å². The van der Waals surface area contributed by atoms with Crippen LogP contribution in [0, 0.1) is 5.92 Å². The largest absolute Gasteiger partial charge is 0.480 e. The van der Waals surface area contributed by atoms with Crippen LogP contribution in [0.4, 0.5) is 0 Å². The van der Waals surface area contributed by atoms with Crippen LogP contribution in [0.15, 0.2) is 18.3 Å². The maximum atomic E-state index is 12.0. The van der Waals surface area contributed by atoms with Gasteiger partial charge in [-0.3, -0.25) is 9.78 Å². The monoisotopic (exact) mass is 265 g/mol. The first-order chi connectivity index (χ1) is 8.99. The minimum atomic E-state index is -1.03. The lowest BCUT2D eigenvalue weighted by atomic mass is 9.99. The van der Waals surface area contributed by atoms with Crippen molar-refractivity contribution < 1.29 is 14.7 Å². The van der Waals surface area contributed by atoms with Crippen molar-refractivity contribution in [3.8, 4) is 0 Å². The normalized spacial score (nSPS) is 13.6. The molecule has 1 unspecified atom stereocenters. The van der Waals surface area contributed by atoms with E-state index in [1.54, 1.807) is 13.0 Å². The van der Waals surface area contributed by atoms with Gasteiger partial charge in [-0.1, -0.05) is 20.3 Å². The summed E-state index contributed by atoms with van der Waals surface area (Å²) in [6.07, 6.45) is 2.15. The fraction of sp³-hybridized carbons (Fsp3) is 0.462. The van der Waals surface area contributed by atoms with Crippen LogP contribution in [0.3, 0.4) is 0 Å². The Bertz CT molecular complexity index is 462. The lowest BCUT2D eigenvalue weighted by molar-refractivity contribution is -0.140.